The van der Waals surface area contributed by atoms with Crippen molar-refractivity contribution in [3.8, 4) is 0 Å². The normalized spacial score (nSPS) is 4.00. The van der Waals surface area contributed by atoms with Gasteiger partial charge in [-0.25, -0.2) is 4.79 Å². The van der Waals surface area contributed by atoms with E-state index in [1.54, 1.807) is 0 Å². The number of hydrogen-bond acceptors (Lipinski definition) is 2. The van der Waals surface area contributed by atoms with E-state index in [1.807, 2.05) is 0 Å². The second-order valence-corrected chi connectivity index (χ2v) is 0.283. The first kappa shape index (κ1) is 15.7. The van der Waals surface area contributed by atoms with Crippen molar-refractivity contribution in [2.24, 2.45) is 0 Å². The van der Waals surface area contributed by atoms with Crippen LogP contribution in [0.3, 0.4) is 0 Å². The first-order chi connectivity index (χ1) is 2.73. The Hall–Kier alpha value is 1.02. The van der Waals surface area contributed by atoms with Crippen LogP contribution in [0.25, 0.3) is 0 Å². The molecular weight excluding hydrogens is 212 g/mol. The predicted molar refractivity (Wildman–Crippen MR) is 19.3 cm³/mol. The molecule has 0 radical (unpaired) electrons. The van der Waals surface area contributed by atoms with E-state index in [0.717, 1.165) is 0 Å². The fourth-order valence-electron chi connectivity index (χ4n) is 0. The third-order valence-electron chi connectivity index (χ3n) is 0. The van der Waals surface area contributed by atoms with Gasteiger partial charge in [0.2, 0.25) is 0 Å². The summed E-state index contributed by atoms with van der Waals surface area (Å²) in [5.74, 6) is 0. The zero-order valence-corrected chi connectivity index (χ0v) is 7.54. The Bertz CT molecular complexity index is 49.8. The van der Waals surface area contributed by atoms with E-state index < -0.39 is 6.16 Å². The zero-order valence-electron chi connectivity index (χ0n) is 5.33. The zero-order chi connectivity index (χ0) is 5.58. The van der Waals surface area contributed by atoms with Gasteiger partial charge in [0, 0.05) is 0 Å². The summed E-state index contributed by atoms with van der Waals surface area (Å²) < 4.78 is 8.26. The summed E-state index contributed by atoms with van der Waals surface area (Å²) in [6.45, 7) is 0. The van der Waals surface area contributed by atoms with E-state index in [0.29, 0.717) is 19.8 Å². The maximum absolute atomic E-state index is 8.56. The molecule has 4 nitrogen and oxygen atoms in total. The maximum atomic E-state index is 8.56. The van der Waals surface area contributed by atoms with Gasteiger partial charge in [0.1, 0.15) is 0 Å². The van der Waals surface area contributed by atoms with Crippen molar-refractivity contribution in [3.63, 3.8) is 0 Å². The van der Waals surface area contributed by atoms with Crippen LogP contribution >= 0.6 is 0 Å². The van der Waals surface area contributed by atoms with Crippen molar-refractivity contribution in [1.82, 2.24) is 0 Å². The second kappa shape index (κ2) is 15.7. The van der Waals surface area contributed by atoms with Crippen molar-refractivity contribution in [3.05, 3.63) is 0 Å². The van der Waals surface area contributed by atoms with E-state index in [1.165, 1.54) is 0 Å². The Balaban J connectivity index is -0.00000000990. The Morgan fingerprint density at radius 2 is 1.43 bits per heavy atom. The number of rotatable bonds is 0. The molecule has 0 aliphatic rings. The van der Waals surface area contributed by atoms with Gasteiger partial charge in [-0.05, 0) is 0 Å². The number of carboxylic acid groups (broad SMARTS) is 2. The molecule has 0 bridgehead atoms. The van der Waals surface area contributed by atoms with Crippen LogP contribution in [-0.2, 0) is 23.2 Å². The standard InChI is InChI=1S/CH2O3.Ca.Mo.O.2H/c2-1(3)4;;;;;/h(H2,2,3,4);;;;;/q;+2;;;2*-1. The number of hydrogen-bond donors (Lipinski definition) is 2. The topological polar surface area (TPSA) is 74.6 Å². The van der Waals surface area contributed by atoms with Gasteiger partial charge in [-0.2, -0.15) is 0 Å². The molecule has 7 heavy (non-hydrogen) atoms. The van der Waals surface area contributed by atoms with Crippen LogP contribution in [0.15, 0.2) is 0 Å². The predicted octanol–water partition coefficient (Wildman–Crippen LogP) is -0.0547. The molecule has 0 aromatic rings. The average molecular weight is 216 g/mol. The Kier molecular flexibility index (Phi) is 35.3. The van der Waals surface area contributed by atoms with Gasteiger partial charge in [-0.1, -0.05) is 0 Å². The van der Waals surface area contributed by atoms with Crippen molar-refractivity contribution in [2.45, 2.75) is 0 Å². The summed E-state index contributed by atoms with van der Waals surface area (Å²) in [4.78, 5) is 8.56. The van der Waals surface area contributed by atoms with Gasteiger partial charge < -0.3 is 13.1 Å². The molecular formula is CH4CaMoO4. The van der Waals surface area contributed by atoms with Gasteiger partial charge in [0.25, 0.3) is 0 Å². The SMILES string of the molecule is O=C(O)O.[Ca+2].[H-].[H-].[O]=[Mo]. The minimum absolute atomic E-state index is 0. The average Bonchev–Trinajstić information content (AvgIpc) is 1.41. The monoisotopic (exact) mass is 218 g/mol. The number of carbonyl (C=O) groups is 1. The quantitative estimate of drug-likeness (QED) is 0.556. The molecule has 0 aliphatic carbocycles. The minimum atomic E-state index is -1.83. The van der Waals surface area contributed by atoms with Gasteiger partial charge in [-0.3, -0.25) is 0 Å². The summed E-state index contributed by atoms with van der Waals surface area (Å²) in [5, 5.41) is 13.9. The van der Waals surface area contributed by atoms with E-state index in [-0.39, 0.29) is 40.6 Å². The third kappa shape index (κ3) is 171. The fourth-order valence-corrected chi connectivity index (χ4v) is 0. The molecule has 0 atom stereocenters. The van der Waals surface area contributed by atoms with Crippen LogP contribution in [0.4, 0.5) is 4.79 Å². The van der Waals surface area contributed by atoms with E-state index in [2.05, 4.69) is 0 Å². The fraction of sp³-hybridized carbons (Fsp3) is 0. The molecule has 0 aliphatic heterocycles. The Morgan fingerprint density at radius 3 is 1.43 bits per heavy atom. The van der Waals surface area contributed by atoms with Crippen LogP contribution in [0.1, 0.15) is 2.85 Å². The van der Waals surface area contributed by atoms with Crippen molar-refractivity contribution in [1.29, 1.82) is 0 Å². The Labute approximate surface area is 84.1 Å². The van der Waals surface area contributed by atoms with Gasteiger partial charge in [-0.15, -0.1) is 0 Å². The van der Waals surface area contributed by atoms with Crippen molar-refractivity contribution >= 4 is 43.9 Å². The van der Waals surface area contributed by atoms with Gasteiger partial charge in [0.15, 0.2) is 0 Å². The molecule has 0 heterocycles. The first-order valence-corrected chi connectivity index (χ1v) is 1.64. The Morgan fingerprint density at radius 1 is 1.43 bits per heavy atom. The molecule has 6 heteroatoms. The summed E-state index contributed by atoms with van der Waals surface area (Å²) >= 11 is 0.700. The van der Waals surface area contributed by atoms with Gasteiger partial charge in [0.05, 0.1) is 0 Å². The van der Waals surface area contributed by atoms with Crippen molar-refractivity contribution in [2.75, 3.05) is 0 Å². The molecule has 0 fully saturated rings. The molecule has 0 aromatic heterocycles. The molecule has 0 saturated heterocycles. The molecule has 40 valence electrons. The third-order valence-corrected chi connectivity index (χ3v) is 0. The van der Waals surface area contributed by atoms with Crippen LogP contribution in [0.2, 0.25) is 0 Å². The molecule has 2 N–H and O–H groups in total. The second-order valence-electron chi connectivity index (χ2n) is 0.283. The summed E-state index contributed by atoms with van der Waals surface area (Å²) in [7, 11) is 0. The van der Waals surface area contributed by atoms with Gasteiger partial charge >= 0.3 is 67.1 Å². The molecule has 0 unspecified atom stereocenters. The van der Waals surface area contributed by atoms with E-state index in [9.17, 15) is 0 Å². The summed E-state index contributed by atoms with van der Waals surface area (Å²) in [5.41, 5.74) is 0. The van der Waals surface area contributed by atoms with Crippen LogP contribution in [0, 0.1) is 0 Å². The molecule has 0 aromatic carbocycles. The molecule has 0 saturated carbocycles. The van der Waals surface area contributed by atoms with Crippen LogP contribution in [-0.4, -0.2) is 54.1 Å². The molecule has 0 rings (SSSR count). The van der Waals surface area contributed by atoms with Crippen LogP contribution in [0.5, 0.6) is 0 Å². The summed E-state index contributed by atoms with van der Waals surface area (Å²) in [6.07, 6.45) is -1.83. The van der Waals surface area contributed by atoms with Crippen molar-refractivity contribution < 1.29 is 41.0 Å². The summed E-state index contributed by atoms with van der Waals surface area (Å²) in [6, 6.07) is 0. The van der Waals surface area contributed by atoms with Crippen LogP contribution < -0.4 is 0 Å². The molecule has 0 amide bonds. The van der Waals surface area contributed by atoms with E-state index in [4.69, 9.17) is 18.4 Å². The first-order valence-electron chi connectivity index (χ1n) is 0.818. The molecule has 0 spiro atoms. The van der Waals surface area contributed by atoms with E-state index >= 15 is 0 Å².